The van der Waals surface area contributed by atoms with Crippen LogP contribution in [0.1, 0.15) is 53.0 Å². The first-order valence-electron chi connectivity index (χ1n) is 8.20. The van der Waals surface area contributed by atoms with Crippen molar-refractivity contribution in [1.82, 2.24) is 5.32 Å². The summed E-state index contributed by atoms with van der Waals surface area (Å²) in [4.78, 5) is 0. The standard InChI is InChI=1S/C19H30ClN/c1-14(2)12-21-13-19(10-15(11-19)18(3,4)5)16-8-6-7-9-17(16)20/h6-9,14-15,21H,10-13H2,1-5H3. The average Bonchev–Trinajstić information content (AvgIpc) is 2.31. The topological polar surface area (TPSA) is 12.0 Å². The quantitative estimate of drug-likeness (QED) is 0.780. The lowest BCUT2D eigenvalue weighted by Gasteiger charge is -2.54. The van der Waals surface area contributed by atoms with Gasteiger partial charge >= 0.3 is 0 Å². The fourth-order valence-corrected chi connectivity index (χ4v) is 3.78. The Morgan fingerprint density at radius 3 is 2.38 bits per heavy atom. The van der Waals surface area contributed by atoms with Gasteiger partial charge in [0.2, 0.25) is 0 Å². The Labute approximate surface area is 135 Å². The van der Waals surface area contributed by atoms with Crippen LogP contribution in [0.2, 0.25) is 5.02 Å². The van der Waals surface area contributed by atoms with Crippen LogP contribution in [0.5, 0.6) is 0 Å². The number of hydrogen-bond donors (Lipinski definition) is 1. The van der Waals surface area contributed by atoms with E-state index in [-0.39, 0.29) is 5.41 Å². The van der Waals surface area contributed by atoms with E-state index in [9.17, 15) is 0 Å². The molecule has 1 fully saturated rings. The molecule has 1 nitrogen and oxygen atoms in total. The highest BCUT2D eigenvalue weighted by Gasteiger charge is 2.49. The van der Waals surface area contributed by atoms with Crippen LogP contribution >= 0.6 is 11.6 Å². The van der Waals surface area contributed by atoms with E-state index in [1.165, 1.54) is 18.4 Å². The number of benzene rings is 1. The molecule has 118 valence electrons. The summed E-state index contributed by atoms with van der Waals surface area (Å²) >= 11 is 6.50. The van der Waals surface area contributed by atoms with Crippen molar-refractivity contribution in [2.75, 3.05) is 13.1 Å². The maximum atomic E-state index is 6.50. The molecule has 0 spiro atoms. The number of rotatable bonds is 5. The third kappa shape index (κ3) is 3.81. The van der Waals surface area contributed by atoms with Crippen LogP contribution in [0, 0.1) is 17.3 Å². The van der Waals surface area contributed by atoms with Gasteiger partial charge in [-0.2, -0.15) is 0 Å². The summed E-state index contributed by atoms with van der Waals surface area (Å²) in [6, 6.07) is 8.40. The molecule has 0 bridgehead atoms. The third-order valence-electron chi connectivity index (χ3n) is 4.96. The second kappa shape index (κ2) is 6.30. The van der Waals surface area contributed by atoms with Crippen LogP contribution < -0.4 is 5.32 Å². The Kier molecular flexibility index (Phi) is 5.05. The van der Waals surface area contributed by atoms with Crippen molar-refractivity contribution in [2.24, 2.45) is 17.3 Å². The Hall–Kier alpha value is -0.530. The monoisotopic (exact) mass is 307 g/mol. The van der Waals surface area contributed by atoms with Gasteiger partial charge in [0, 0.05) is 17.0 Å². The summed E-state index contributed by atoms with van der Waals surface area (Å²) in [6.07, 6.45) is 2.48. The first kappa shape index (κ1) is 16.8. The Morgan fingerprint density at radius 2 is 1.86 bits per heavy atom. The molecule has 0 amide bonds. The largest absolute Gasteiger partial charge is 0.316 e. The van der Waals surface area contributed by atoms with Crippen molar-refractivity contribution >= 4 is 11.6 Å². The van der Waals surface area contributed by atoms with Crippen molar-refractivity contribution in [2.45, 2.75) is 52.9 Å². The van der Waals surface area contributed by atoms with Crippen molar-refractivity contribution < 1.29 is 0 Å². The predicted octanol–water partition coefficient (Wildman–Crippen LogP) is 5.28. The molecule has 1 aliphatic carbocycles. The van der Waals surface area contributed by atoms with Gasteiger partial charge in [-0.15, -0.1) is 0 Å². The summed E-state index contributed by atoms with van der Waals surface area (Å²) in [5, 5.41) is 4.59. The summed E-state index contributed by atoms with van der Waals surface area (Å²) in [7, 11) is 0. The molecular weight excluding hydrogens is 278 g/mol. The zero-order chi connectivity index (χ0) is 15.7. The summed E-state index contributed by atoms with van der Waals surface area (Å²) in [5.74, 6) is 1.47. The van der Waals surface area contributed by atoms with Crippen LogP contribution in [0.3, 0.4) is 0 Å². The van der Waals surface area contributed by atoms with Gasteiger partial charge in [-0.05, 0) is 48.3 Å². The van der Waals surface area contributed by atoms with Crippen LogP contribution in [-0.4, -0.2) is 13.1 Å². The second-order valence-electron chi connectivity index (χ2n) is 8.26. The lowest BCUT2D eigenvalue weighted by molar-refractivity contribution is 0.0446. The van der Waals surface area contributed by atoms with Crippen molar-refractivity contribution in [1.29, 1.82) is 0 Å². The van der Waals surface area contributed by atoms with Gasteiger partial charge in [0.05, 0.1) is 0 Å². The molecule has 1 aromatic rings. The van der Waals surface area contributed by atoms with Gasteiger partial charge in [-0.25, -0.2) is 0 Å². The van der Waals surface area contributed by atoms with Gasteiger partial charge in [0.15, 0.2) is 0 Å². The van der Waals surface area contributed by atoms with E-state index in [1.54, 1.807) is 0 Å². The molecule has 0 atom stereocenters. The van der Waals surface area contributed by atoms with Crippen molar-refractivity contribution in [3.05, 3.63) is 34.9 Å². The summed E-state index contributed by atoms with van der Waals surface area (Å²) < 4.78 is 0. The van der Waals surface area contributed by atoms with Crippen molar-refractivity contribution in [3.63, 3.8) is 0 Å². The first-order valence-corrected chi connectivity index (χ1v) is 8.58. The zero-order valence-electron chi connectivity index (χ0n) is 14.2. The van der Waals surface area contributed by atoms with Crippen LogP contribution in [0.25, 0.3) is 0 Å². The minimum atomic E-state index is 0.227. The van der Waals surface area contributed by atoms with Crippen LogP contribution in [0.15, 0.2) is 24.3 Å². The minimum Gasteiger partial charge on any atom is -0.316 e. The third-order valence-corrected chi connectivity index (χ3v) is 5.29. The van der Waals surface area contributed by atoms with E-state index in [0.717, 1.165) is 24.0 Å². The summed E-state index contributed by atoms with van der Waals surface area (Å²) in [5.41, 5.74) is 1.96. The highest BCUT2D eigenvalue weighted by molar-refractivity contribution is 6.31. The first-order chi connectivity index (χ1) is 9.74. The van der Waals surface area contributed by atoms with E-state index in [4.69, 9.17) is 11.6 Å². The molecule has 0 aliphatic heterocycles. The van der Waals surface area contributed by atoms with Gasteiger partial charge in [-0.3, -0.25) is 0 Å². The van der Waals surface area contributed by atoms with E-state index in [1.807, 2.05) is 12.1 Å². The molecule has 21 heavy (non-hydrogen) atoms. The van der Waals surface area contributed by atoms with Gasteiger partial charge in [0.1, 0.15) is 0 Å². The van der Waals surface area contributed by atoms with E-state index < -0.39 is 0 Å². The minimum absolute atomic E-state index is 0.227. The average molecular weight is 308 g/mol. The fraction of sp³-hybridized carbons (Fsp3) is 0.684. The lowest BCUT2D eigenvalue weighted by Crippen LogP contribution is -2.52. The number of halogens is 1. The van der Waals surface area contributed by atoms with E-state index >= 15 is 0 Å². The highest BCUT2D eigenvalue weighted by Crippen LogP contribution is 2.55. The SMILES string of the molecule is CC(C)CNCC1(c2ccccc2Cl)CC(C(C)(C)C)C1. The lowest BCUT2D eigenvalue weighted by atomic mass is 9.52. The van der Waals surface area contributed by atoms with Crippen LogP contribution in [-0.2, 0) is 5.41 Å². The Morgan fingerprint density at radius 1 is 1.24 bits per heavy atom. The normalized spacial score (nSPS) is 26.0. The number of hydrogen-bond acceptors (Lipinski definition) is 1. The maximum Gasteiger partial charge on any atom is 0.0444 e. The molecular formula is C19H30ClN. The molecule has 0 radical (unpaired) electrons. The highest BCUT2D eigenvalue weighted by atomic mass is 35.5. The molecule has 1 N–H and O–H groups in total. The molecule has 0 saturated heterocycles. The smallest absolute Gasteiger partial charge is 0.0444 e. The Balaban J connectivity index is 2.15. The fourth-order valence-electron chi connectivity index (χ4n) is 3.45. The zero-order valence-corrected chi connectivity index (χ0v) is 14.9. The molecule has 2 rings (SSSR count). The molecule has 1 aromatic carbocycles. The molecule has 2 heteroatoms. The van der Waals surface area contributed by atoms with Crippen molar-refractivity contribution in [3.8, 4) is 0 Å². The second-order valence-corrected chi connectivity index (χ2v) is 8.66. The molecule has 1 saturated carbocycles. The molecule has 0 unspecified atom stereocenters. The van der Waals surface area contributed by atoms with E-state index in [2.05, 4.69) is 52.1 Å². The molecule has 1 aliphatic rings. The van der Waals surface area contributed by atoms with Gasteiger partial charge in [0.25, 0.3) is 0 Å². The number of nitrogens with one attached hydrogen (secondary N) is 1. The van der Waals surface area contributed by atoms with E-state index in [0.29, 0.717) is 11.3 Å². The Bertz CT molecular complexity index is 467. The van der Waals surface area contributed by atoms with Gasteiger partial charge < -0.3 is 5.32 Å². The van der Waals surface area contributed by atoms with Crippen LogP contribution in [0.4, 0.5) is 0 Å². The molecule has 0 heterocycles. The summed E-state index contributed by atoms with van der Waals surface area (Å²) in [6.45, 7) is 13.7. The molecule has 0 aromatic heterocycles. The maximum absolute atomic E-state index is 6.50. The van der Waals surface area contributed by atoms with Gasteiger partial charge in [-0.1, -0.05) is 64.4 Å². The predicted molar refractivity (Wildman–Crippen MR) is 93.0 cm³/mol.